The second-order valence-corrected chi connectivity index (χ2v) is 7.90. The number of hydrogen-bond acceptors (Lipinski definition) is 3. The first-order valence-corrected chi connectivity index (χ1v) is 10.2. The molecule has 1 N–H and O–H groups in total. The third-order valence-corrected chi connectivity index (χ3v) is 6.23. The number of aromatic nitrogens is 1. The summed E-state index contributed by atoms with van der Waals surface area (Å²) in [6, 6.07) is 11.6. The molecule has 0 bridgehead atoms. The van der Waals surface area contributed by atoms with E-state index in [0.717, 1.165) is 27.7 Å². The topological polar surface area (TPSA) is 62.4 Å². The van der Waals surface area contributed by atoms with Crippen LogP contribution >= 0.6 is 34.8 Å². The van der Waals surface area contributed by atoms with E-state index in [2.05, 4.69) is 4.98 Å². The van der Waals surface area contributed by atoms with Gasteiger partial charge in [-0.25, -0.2) is 4.79 Å². The summed E-state index contributed by atoms with van der Waals surface area (Å²) in [6.45, 7) is 0. The molecule has 1 aliphatic heterocycles. The smallest absolute Gasteiger partial charge is 0.328 e. The predicted octanol–water partition coefficient (Wildman–Crippen LogP) is 4.73. The number of aromatic amines is 1. The van der Waals surface area contributed by atoms with E-state index in [-0.39, 0.29) is 11.8 Å². The van der Waals surface area contributed by atoms with Gasteiger partial charge in [-0.05, 0) is 29.3 Å². The molecule has 0 aliphatic carbocycles. The van der Waals surface area contributed by atoms with Gasteiger partial charge in [0.15, 0.2) is 0 Å². The Morgan fingerprint density at radius 1 is 1.17 bits per heavy atom. The lowest BCUT2D eigenvalue weighted by molar-refractivity contribution is -0.154. The average molecular weight is 452 g/mol. The second kappa shape index (κ2) is 7.90. The maximum atomic E-state index is 12.9. The Morgan fingerprint density at radius 2 is 1.93 bits per heavy atom. The van der Waals surface area contributed by atoms with Crippen LogP contribution in [0.4, 0.5) is 0 Å². The van der Waals surface area contributed by atoms with Crippen LogP contribution in [0.3, 0.4) is 0 Å². The third kappa shape index (κ3) is 3.37. The fraction of sp³-hybridized carbons (Fsp3) is 0.238. The molecule has 1 amide bonds. The largest absolute Gasteiger partial charge is 0.467 e. The summed E-state index contributed by atoms with van der Waals surface area (Å²) in [5.74, 6) is -1.13. The van der Waals surface area contributed by atoms with Crippen molar-refractivity contribution >= 4 is 57.6 Å². The van der Waals surface area contributed by atoms with Crippen molar-refractivity contribution in [3.05, 3.63) is 69.3 Å². The van der Waals surface area contributed by atoms with Gasteiger partial charge in [-0.15, -0.1) is 11.6 Å². The first-order chi connectivity index (χ1) is 14.0. The zero-order valence-corrected chi connectivity index (χ0v) is 17.7. The van der Waals surface area contributed by atoms with Gasteiger partial charge in [0.25, 0.3) is 0 Å². The highest BCUT2D eigenvalue weighted by molar-refractivity contribution is 6.42. The van der Waals surface area contributed by atoms with E-state index in [1.165, 1.54) is 12.0 Å². The number of para-hydroxylation sites is 1. The number of nitrogens with zero attached hydrogens (tertiary/aromatic N) is 1. The second-order valence-electron chi connectivity index (χ2n) is 6.82. The van der Waals surface area contributed by atoms with Crippen molar-refractivity contribution in [3.8, 4) is 0 Å². The number of esters is 1. The molecule has 8 heteroatoms. The van der Waals surface area contributed by atoms with Crippen LogP contribution < -0.4 is 0 Å². The number of H-pyrrole nitrogens is 1. The first-order valence-electron chi connectivity index (χ1n) is 8.95. The monoisotopic (exact) mass is 450 g/mol. The number of benzene rings is 2. The molecule has 0 spiro atoms. The first kappa shape index (κ1) is 20.1. The summed E-state index contributed by atoms with van der Waals surface area (Å²) in [5, 5.41) is 1.77. The van der Waals surface area contributed by atoms with Gasteiger partial charge in [-0.1, -0.05) is 47.5 Å². The maximum Gasteiger partial charge on any atom is 0.328 e. The van der Waals surface area contributed by atoms with Gasteiger partial charge in [0.1, 0.15) is 11.9 Å². The lowest BCUT2D eigenvalue weighted by atomic mass is 9.88. The van der Waals surface area contributed by atoms with E-state index in [4.69, 9.17) is 39.5 Å². The van der Waals surface area contributed by atoms with Gasteiger partial charge in [-0.2, -0.15) is 0 Å². The normalized spacial score (nSPS) is 18.6. The number of fused-ring (bicyclic) bond motifs is 3. The Kier molecular flexibility index (Phi) is 5.47. The molecule has 0 unspecified atom stereocenters. The summed E-state index contributed by atoms with van der Waals surface area (Å²) < 4.78 is 5.01. The van der Waals surface area contributed by atoms with Gasteiger partial charge in [0, 0.05) is 23.0 Å². The minimum atomic E-state index is -0.808. The van der Waals surface area contributed by atoms with Crippen LogP contribution in [0, 0.1) is 0 Å². The quantitative estimate of drug-likeness (QED) is 0.462. The van der Waals surface area contributed by atoms with Crippen LogP contribution in [0.15, 0.2) is 42.5 Å². The van der Waals surface area contributed by atoms with Crippen molar-refractivity contribution in [1.29, 1.82) is 0 Å². The molecule has 1 aliphatic rings. The van der Waals surface area contributed by atoms with Crippen LogP contribution in [-0.4, -0.2) is 40.8 Å². The van der Waals surface area contributed by atoms with Crippen molar-refractivity contribution in [3.63, 3.8) is 0 Å². The molecule has 3 aromatic rings. The molecule has 29 heavy (non-hydrogen) atoms. The van der Waals surface area contributed by atoms with Crippen molar-refractivity contribution in [2.75, 3.05) is 13.0 Å². The SMILES string of the molecule is COC(=O)[C@H]1Cc2c([nH]c3ccccc23)[C@H](c2ccc(Cl)c(Cl)c2)N1C(=O)CCl. The van der Waals surface area contributed by atoms with Crippen LogP contribution in [-0.2, 0) is 20.7 Å². The molecule has 0 saturated heterocycles. The van der Waals surface area contributed by atoms with Gasteiger partial charge in [-0.3, -0.25) is 4.79 Å². The zero-order chi connectivity index (χ0) is 20.7. The number of rotatable bonds is 3. The van der Waals surface area contributed by atoms with Gasteiger partial charge in [0.2, 0.25) is 5.91 Å². The molecule has 2 heterocycles. The number of carbonyl (C=O) groups excluding carboxylic acids is 2. The fourth-order valence-corrected chi connectivity index (χ4v) is 4.46. The molecule has 0 fully saturated rings. The van der Waals surface area contributed by atoms with Crippen molar-refractivity contribution in [1.82, 2.24) is 9.88 Å². The summed E-state index contributed by atoms with van der Waals surface area (Å²) in [6.07, 6.45) is 0.326. The molecule has 2 aromatic carbocycles. The summed E-state index contributed by atoms with van der Waals surface area (Å²) in [5.41, 5.74) is 3.43. The van der Waals surface area contributed by atoms with Gasteiger partial charge < -0.3 is 14.6 Å². The number of hydrogen-bond donors (Lipinski definition) is 1. The Bertz CT molecular complexity index is 1110. The number of alkyl halides is 1. The number of methoxy groups -OCH3 is 1. The third-order valence-electron chi connectivity index (χ3n) is 5.27. The van der Waals surface area contributed by atoms with E-state index in [0.29, 0.717) is 16.5 Å². The Labute approximate surface area is 182 Å². The van der Waals surface area contributed by atoms with Gasteiger partial charge >= 0.3 is 5.97 Å². The number of nitrogens with one attached hydrogen (secondary N) is 1. The Hall–Kier alpha value is -2.21. The van der Waals surface area contributed by atoms with E-state index >= 15 is 0 Å². The molecular weight excluding hydrogens is 435 g/mol. The van der Waals surface area contributed by atoms with E-state index in [1.807, 2.05) is 24.3 Å². The molecule has 1 aromatic heterocycles. The van der Waals surface area contributed by atoms with Crippen LogP contribution in [0.1, 0.15) is 22.9 Å². The highest BCUT2D eigenvalue weighted by atomic mass is 35.5. The molecule has 150 valence electrons. The maximum absolute atomic E-state index is 12.9. The summed E-state index contributed by atoms with van der Waals surface area (Å²) >= 11 is 18.3. The van der Waals surface area contributed by atoms with Crippen LogP contribution in [0.2, 0.25) is 10.0 Å². The lowest BCUT2D eigenvalue weighted by Crippen LogP contribution is -2.52. The average Bonchev–Trinajstić information content (AvgIpc) is 3.11. The van der Waals surface area contributed by atoms with Crippen LogP contribution in [0.5, 0.6) is 0 Å². The fourth-order valence-electron chi connectivity index (χ4n) is 4.01. The molecule has 0 saturated carbocycles. The van der Waals surface area contributed by atoms with E-state index in [9.17, 15) is 9.59 Å². The number of ether oxygens (including phenoxy) is 1. The van der Waals surface area contributed by atoms with Gasteiger partial charge in [0.05, 0.1) is 23.2 Å². The Morgan fingerprint density at radius 3 is 2.62 bits per heavy atom. The van der Waals surface area contributed by atoms with Crippen molar-refractivity contribution in [2.24, 2.45) is 0 Å². The highest BCUT2D eigenvalue weighted by Crippen LogP contribution is 2.42. The molecule has 0 radical (unpaired) electrons. The summed E-state index contributed by atoms with van der Waals surface area (Å²) in [7, 11) is 1.31. The standard InChI is InChI=1S/C21H17Cl3N2O3/c1-29-21(28)17-9-13-12-4-2-3-5-16(12)25-19(13)20(26(17)18(27)10-22)11-6-7-14(23)15(24)8-11/h2-8,17,20,25H,9-10H2,1H3/t17-,20+/m1/s1. The number of amides is 1. The summed E-state index contributed by atoms with van der Waals surface area (Å²) in [4.78, 5) is 30.4. The highest BCUT2D eigenvalue weighted by Gasteiger charge is 2.43. The molecule has 5 nitrogen and oxygen atoms in total. The van der Waals surface area contributed by atoms with Crippen molar-refractivity contribution < 1.29 is 14.3 Å². The number of halogens is 3. The zero-order valence-electron chi connectivity index (χ0n) is 15.4. The predicted molar refractivity (Wildman–Crippen MR) is 114 cm³/mol. The minimum Gasteiger partial charge on any atom is -0.467 e. The molecular formula is C21H17Cl3N2O3. The van der Waals surface area contributed by atoms with E-state index in [1.54, 1.807) is 18.2 Å². The van der Waals surface area contributed by atoms with E-state index < -0.39 is 18.1 Å². The lowest BCUT2D eigenvalue weighted by Gasteiger charge is -2.40. The number of carbonyl (C=O) groups is 2. The molecule has 2 atom stereocenters. The Balaban J connectivity index is 1.99. The van der Waals surface area contributed by atoms with Crippen molar-refractivity contribution in [2.45, 2.75) is 18.5 Å². The van der Waals surface area contributed by atoms with Crippen LogP contribution in [0.25, 0.3) is 10.9 Å². The minimum absolute atomic E-state index is 0.263. The molecule has 4 rings (SSSR count).